The van der Waals surface area contributed by atoms with Crippen LogP contribution >= 0.6 is 11.3 Å². The Morgan fingerprint density at radius 3 is 2.59 bits per heavy atom. The van der Waals surface area contributed by atoms with Crippen LogP contribution in [0.15, 0.2) is 48.8 Å². The molecule has 0 bridgehead atoms. The molecule has 2 aromatic heterocycles. The first kappa shape index (κ1) is 18.6. The van der Waals surface area contributed by atoms with Gasteiger partial charge in [0.05, 0.1) is 28.6 Å². The summed E-state index contributed by atoms with van der Waals surface area (Å²) in [6.45, 7) is 2.02. The highest BCUT2D eigenvalue weighted by molar-refractivity contribution is 7.22. The number of hydrogen-bond donors (Lipinski definition) is 3. The van der Waals surface area contributed by atoms with Crippen LogP contribution < -0.4 is 16.4 Å². The monoisotopic (exact) mass is 406 g/mol. The van der Waals surface area contributed by atoms with Gasteiger partial charge < -0.3 is 21.1 Å². The van der Waals surface area contributed by atoms with E-state index < -0.39 is 5.97 Å². The maximum Gasteiger partial charge on any atom is 0.339 e. The lowest BCUT2D eigenvalue weighted by Gasteiger charge is -2.13. The summed E-state index contributed by atoms with van der Waals surface area (Å²) in [6.07, 6.45) is 1.39. The van der Waals surface area contributed by atoms with Crippen LogP contribution in [0.4, 0.5) is 28.1 Å². The van der Waals surface area contributed by atoms with Gasteiger partial charge in [-0.25, -0.2) is 19.7 Å². The van der Waals surface area contributed by atoms with Crippen LogP contribution in [0, 0.1) is 6.92 Å². The number of thiazole rings is 1. The molecule has 0 aliphatic carbocycles. The summed E-state index contributed by atoms with van der Waals surface area (Å²) in [4.78, 5) is 25.0. The minimum absolute atomic E-state index is 0.308. The number of carbonyl (C=O) groups excluding carboxylic acids is 1. The molecule has 2 heterocycles. The predicted molar refractivity (Wildman–Crippen MR) is 115 cm³/mol. The third kappa shape index (κ3) is 3.67. The summed E-state index contributed by atoms with van der Waals surface area (Å²) >= 11 is 1.51. The molecule has 0 radical (unpaired) electrons. The van der Waals surface area contributed by atoms with Gasteiger partial charge in [0, 0.05) is 0 Å². The van der Waals surface area contributed by atoms with Gasteiger partial charge in [0.2, 0.25) is 0 Å². The summed E-state index contributed by atoms with van der Waals surface area (Å²) in [7, 11) is 1.33. The summed E-state index contributed by atoms with van der Waals surface area (Å²) in [5.74, 6) is 0.342. The number of benzene rings is 2. The fourth-order valence-electron chi connectivity index (χ4n) is 2.84. The van der Waals surface area contributed by atoms with Crippen molar-refractivity contribution in [2.75, 3.05) is 23.5 Å². The molecule has 0 fully saturated rings. The number of rotatable bonds is 5. The molecule has 0 atom stereocenters. The van der Waals surface area contributed by atoms with Crippen molar-refractivity contribution in [3.63, 3.8) is 0 Å². The zero-order valence-electron chi connectivity index (χ0n) is 15.8. The zero-order valence-corrected chi connectivity index (χ0v) is 16.6. The first-order chi connectivity index (χ1) is 14.1. The molecule has 146 valence electrons. The Labute approximate surface area is 170 Å². The van der Waals surface area contributed by atoms with Gasteiger partial charge in [-0.15, -0.1) is 0 Å². The summed E-state index contributed by atoms with van der Waals surface area (Å²) in [5.41, 5.74) is 9.54. The Bertz CT molecular complexity index is 1210. The second kappa shape index (κ2) is 7.72. The number of esters is 1. The molecule has 4 N–H and O–H groups in total. The number of para-hydroxylation sites is 2. The largest absolute Gasteiger partial charge is 0.465 e. The second-order valence-electron chi connectivity index (χ2n) is 6.21. The number of aromatic nitrogens is 3. The van der Waals surface area contributed by atoms with Crippen LogP contribution in [0.5, 0.6) is 0 Å². The highest BCUT2D eigenvalue weighted by Crippen LogP contribution is 2.33. The highest BCUT2D eigenvalue weighted by atomic mass is 32.1. The first-order valence-electron chi connectivity index (χ1n) is 8.75. The molecule has 0 spiro atoms. The topological polar surface area (TPSA) is 115 Å². The van der Waals surface area contributed by atoms with Crippen LogP contribution in [-0.4, -0.2) is 28.0 Å². The van der Waals surface area contributed by atoms with E-state index in [9.17, 15) is 4.79 Å². The SMILES string of the molecule is COC(=O)c1ccccc1Nc1ncnc(Nc2nc3c(C)cccc3s2)c1N. The number of nitrogens with zero attached hydrogens (tertiary/aromatic N) is 3. The highest BCUT2D eigenvalue weighted by Gasteiger charge is 2.15. The molecule has 8 nitrogen and oxygen atoms in total. The average molecular weight is 406 g/mol. The Morgan fingerprint density at radius 1 is 1.07 bits per heavy atom. The normalized spacial score (nSPS) is 10.7. The minimum Gasteiger partial charge on any atom is -0.465 e. The fraction of sp³-hybridized carbons (Fsp3) is 0.100. The van der Waals surface area contributed by atoms with E-state index in [1.54, 1.807) is 24.3 Å². The van der Waals surface area contributed by atoms with Crippen molar-refractivity contribution < 1.29 is 9.53 Å². The predicted octanol–water partition coefficient (Wildman–Crippen LogP) is 4.25. The molecule has 0 aliphatic heterocycles. The maximum absolute atomic E-state index is 12.0. The van der Waals surface area contributed by atoms with Crippen LogP contribution in [0.25, 0.3) is 10.2 Å². The van der Waals surface area contributed by atoms with Gasteiger partial charge in [-0.1, -0.05) is 35.6 Å². The smallest absolute Gasteiger partial charge is 0.339 e. The Balaban J connectivity index is 1.64. The first-order valence-corrected chi connectivity index (χ1v) is 9.56. The van der Waals surface area contributed by atoms with Gasteiger partial charge >= 0.3 is 5.97 Å². The molecule has 4 rings (SSSR count). The lowest BCUT2D eigenvalue weighted by atomic mass is 10.2. The van der Waals surface area contributed by atoms with Crippen LogP contribution in [0.2, 0.25) is 0 Å². The molecular formula is C20H18N6O2S. The molecule has 0 aliphatic rings. The number of anilines is 5. The second-order valence-corrected chi connectivity index (χ2v) is 7.24. The van der Waals surface area contributed by atoms with Crippen molar-refractivity contribution in [2.45, 2.75) is 6.92 Å². The molecule has 0 unspecified atom stereocenters. The van der Waals surface area contributed by atoms with Crippen molar-refractivity contribution in [3.8, 4) is 0 Å². The van der Waals surface area contributed by atoms with E-state index in [0.717, 1.165) is 15.8 Å². The van der Waals surface area contributed by atoms with Gasteiger partial charge in [0.25, 0.3) is 0 Å². The Hall–Kier alpha value is -3.72. The molecule has 0 saturated carbocycles. The van der Waals surface area contributed by atoms with Gasteiger partial charge in [-0.2, -0.15) is 0 Å². The van der Waals surface area contributed by atoms with E-state index in [-0.39, 0.29) is 0 Å². The minimum atomic E-state index is -0.455. The number of nitrogen functional groups attached to an aromatic ring is 1. The van der Waals surface area contributed by atoms with Crippen molar-refractivity contribution in [2.24, 2.45) is 0 Å². The van der Waals surface area contributed by atoms with E-state index in [4.69, 9.17) is 10.5 Å². The zero-order chi connectivity index (χ0) is 20.4. The van der Waals surface area contributed by atoms with Gasteiger partial charge in [-0.05, 0) is 30.7 Å². The van der Waals surface area contributed by atoms with E-state index >= 15 is 0 Å². The van der Waals surface area contributed by atoms with Crippen LogP contribution in [0.1, 0.15) is 15.9 Å². The summed E-state index contributed by atoms with van der Waals surface area (Å²) in [6, 6.07) is 13.0. The number of methoxy groups -OCH3 is 1. The summed E-state index contributed by atoms with van der Waals surface area (Å²) < 4.78 is 5.90. The van der Waals surface area contributed by atoms with Crippen molar-refractivity contribution in [1.29, 1.82) is 0 Å². The lowest BCUT2D eigenvalue weighted by Crippen LogP contribution is -2.09. The number of hydrogen-bond acceptors (Lipinski definition) is 9. The van der Waals surface area contributed by atoms with Gasteiger partial charge in [0.1, 0.15) is 12.0 Å². The van der Waals surface area contributed by atoms with Gasteiger partial charge in [-0.3, -0.25) is 0 Å². The number of nitrogens with two attached hydrogens (primary N) is 1. The third-order valence-corrected chi connectivity index (χ3v) is 5.25. The Morgan fingerprint density at radius 2 is 1.83 bits per heavy atom. The number of carbonyl (C=O) groups is 1. The fourth-order valence-corrected chi connectivity index (χ4v) is 3.79. The number of ether oxygens (including phenoxy) is 1. The van der Waals surface area contributed by atoms with E-state index in [1.807, 2.05) is 25.1 Å². The quantitative estimate of drug-likeness (QED) is 0.421. The van der Waals surface area contributed by atoms with Crippen molar-refractivity contribution in [1.82, 2.24) is 15.0 Å². The third-order valence-electron chi connectivity index (χ3n) is 4.32. The molecular weight excluding hydrogens is 388 g/mol. The van der Waals surface area contributed by atoms with E-state index in [1.165, 1.54) is 24.8 Å². The average Bonchev–Trinajstić information content (AvgIpc) is 3.15. The number of aryl methyl sites for hydroxylation is 1. The van der Waals surface area contributed by atoms with E-state index in [0.29, 0.717) is 33.7 Å². The molecule has 29 heavy (non-hydrogen) atoms. The standard InChI is InChI=1S/C20H18N6O2S/c1-11-6-5-9-14-16(11)25-20(29-14)26-18-15(21)17(22-10-23-18)24-13-8-4-3-7-12(13)19(27)28-2/h3-10H,21H2,1-2H3,(H2,22,23,24,25,26). The molecule has 0 saturated heterocycles. The lowest BCUT2D eigenvalue weighted by molar-refractivity contribution is 0.0602. The van der Waals surface area contributed by atoms with Crippen molar-refractivity contribution in [3.05, 3.63) is 59.9 Å². The van der Waals surface area contributed by atoms with Crippen LogP contribution in [0.3, 0.4) is 0 Å². The molecule has 9 heteroatoms. The Kier molecular flexibility index (Phi) is 4.96. The maximum atomic E-state index is 12.0. The number of fused-ring (bicyclic) bond motifs is 1. The van der Waals surface area contributed by atoms with E-state index in [2.05, 4.69) is 25.6 Å². The van der Waals surface area contributed by atoms with Crippen molar-refractivity contribution >= 4 is 55.7 Å². The molecule has 4 aromatic rings. The summed E-state index contributed by atoms with van der Waals surface area (Å²) in [5, 5.41) is 6.93. The van der Waals surface area contributed by atoms with Crippen LogP contribution in [-0.2, 0) is 4.74 Å². The van der Waals surface area contributed by atoms with Gasteiger partial charge in [0.15, 0.2) is 16.8 Å². The molecule has 0 amide bonds. The number of nitrogens with one attached hydrogen (secondary N) is 2. The molecule has 2 aromatic carbocycles.